The van der Waals surface area contributed by atoms with E-state index in [9.17, 15) is 9.90 Å². The molecule has 0 fully saturated rings. The Balaban J connectivity index is 1.43. The standard InChI is InChI=1S/C24H18ClNO4/c25-18-9-5-16(6-10-18)15-21(24(27)28)17-7-11-19(12-8-17)29-14-13-22-20-3-1-2-4-23(20)30-26-22/h1-12,15H,13-14H2,(H,27,28)/b21-15-. The number of hydrogen-bond donors (Lipinski definition) is 1. The van der Waals surface area contributed by atoms with Crippen LogP contribution in [-0.4, -0.2) is 22.8 Å². The van der Waals surface area contributed by atoms with Crippen molar-refractivity contribution in [1.82, 2.24) is 5.16 Å². The summed E-state index contributed by atoms with van der Waals surface area (Å²) in [6.07, 6.45) is 2.22. The number of aromatic nitrogens is 1. The summed E-state index contributed by atoms with van der Waals surface area (Å²) in [5.41, 5.74) is 3.15. The van der Waals surface area contributed by atoms with Crippen LogP contribution in [0.4, 0.5) is 0 Å². The number of rotatable bonds is 7. The van der Waals surface area contributed by atoms with Gasteiger partial charge in [-0.25, -0.2) is 4.79 Å². The third-order valence-corrected chi connectivity index (χ3v) is 4.89. The van der Waals surface area contributed by atoms with Gasteiger partial charge in [-0.3, -0.25) is 0 Å². The highest BCUT2D eigenvalue weighted by molar-refractivity contribution is 6.30. The molecule has 1 heterocycles. The van der Waals surface area contributed by atoms with Crippen LogP contribution in [-0.2, 0) is 11.2 Å². The molecule has 4 aromatic rings. The molecular formula is C24H18ClNO4. The smallest absolute Gasteiger partial charge is 0.336 e. The van der Waals surface area contributed by atoms with Crippen LogP contribution in [0.1, 0.15) is 16.8 Å². The fourth-order valence-corrected chi connectivity index (χ4v) is 3.23. The minimum absolute atomic E-state index is 0.193. The lowest BCUT2D eigenvalue weighted by Gasteiger charge is -2.08. The van der Waals surface area contributed by atoms with Gasteiger partial charge in [-0.2, -0.15) is 0 Å². The third kappa shape index (κ3) is 4.53. The fraction of sp³-hybridized carbons (Fsp3) is 0.0833. The maximum atomic E-state index is 11.7. The molecule has 0 atom stereocenters. The number of hydrogen-bond acceptors (Lipinski definition) is 4. The maximum absolute atomic E-state index is 11.7. The first-order valence-electron chi connectivity index (χ1n) is 9.37. The first-order valence-corrected chi connectivity index (χ1v) is 9.75. The predicted octanol–water partition coefficient (Wildman–Crippen LogP) is 5.73. The summed E-state index contributed by atoms with van der Waals surface area (Å²) >= 11 is 5.89. The van der Waals surface area contributed by atoms with Gasteiger partial charge in [-0.05, 0) is 53.6 Å². The van der Waals surface area contributed by atoms with Gasteiger partial charge in [0.15, 0.2) is 5.58 Å². The van der Waals surface area contributed by atoms with Crippen molar-refractivity contribution in [3.63, 3.8) is 0 Å². The van der Waals surface area contributed by atoms with Gasteiger partial charge >= 0.3 is 5.97 Å². The summed E-state index contributed by atoms with van der Waals surface area (Å²) in [6.45, 7) is 0.433. The summed E-state index contributed by atoms with van der Waals surface area (Å²) < 4.78 is 11.1. The van der Waals surface area contributed by atoms with E-state index in [-0.39, 0.29) is 5.57 Å². The third-order valence-electron chi connectivity index (χ3n) is 4.64. The van der Waals surface area contributed by atoms with Gasteiger partial charge < -0.3 is 14.4 Å². The van der Waals surface area contributed by atoms with Crippen LogP contribution >= 0.6 is 11.6 Å². The lowest BCUT2D eigenvalue weighted by Crippen LogP contribution is -2.03. The second-order valence-electron chi connectivity index (χ2n) is 6.66. The molecule has 0 saturated carbocycles. The van der Waals surface area contributed by atoms with Gasteiger partial charge in [0.1, 0.15) is 5.75 Å². The molecule has 0 aliphatic heterocycles. The molecule has 30 heavy (non-hydrogen) atoms. The van der Waals surface area contributed by atoms with Crippen molar-refractivity contribution in [3.05, 3.63) is 94.6 Å². The molecule has 6 heteroatoms. The van der Waals surface area contributed by atoms with Crippen LogP contribution in [0.2, 0.25) is 5.02 Å². The lowest BCUT2D eigenvalue weighted by atomic mass is 10.0. The molecule has 150 valence electrons. The van der Waals surface area contributed by atoms with E-state index in [0.717, 1.165) is 22.2 Å². The number of benzene rings is 3. The van der Waals surface area contributed by atoms with Crippen LogP contribution in [0, 0.1) is 0 Å². The average Bonchev–Trinajstić information content (AvgIpc) is 3.17. The number of carboxylic acid groups (broad SMARTS) is 1. The zero-order chi connectivity index (χ0) is 20.9. The molecule has 0 saturated heterocycles. The van der Waals surface area contributed by atoms with Gasteiger partial charge in [-0.15, -0.1) is 0 Å². The number of nitrogens with zero attached hydrogens (tertiary/aromatic N) is 1. The van der Waals surface area contributed by atoms with Gasteiger partial charge in [0.25, 0.3) is 0 Å². The minimum Gasteiger partial charge on any atom is -0.493 e. The fourth-order valence-electron chi connectivity index (χ4n) is 3.11. The quantitative estimate of drug-likeness (QED) is 0.306. The van der Waals surface area contributed by atoms with E-state index < -0.39 is 5.97 Å². The molecule has 4 rings (SSSR count). The number of ether oxygens (including phenoxy) is 1. The van der Waals surface area contributed by atoms with E-state index in [1.54, 1.807) is 54.6 Å². The molecule has 5 nitrogen and oxygen atoms in total. The van der Waals surface area contributed by atoms with E-state index in [4.69, 9.17) is 20.9 Å². The summed E-state index contributed by atoms with van der Waals surface area (Å²) in [5.74, 6) is -0.348. The molecule has 0 spiro atoms. The number of carboxylic acids is 1. The van der Waals surface area contributed by atoms with Crippen LogP contribution in [0.5, 0.6) is 5.75 Å². The molecule has 1 N–H and O–H groups in total. The molecule has 0 aliphatic carbocycles. The topological polar surface area (TPSA) is 72.6 Å². The zero-order valence-electron chi connectivity index (χ0n) is 15.9. The number of carbonyl (C=O) groups is 1. The SMILES string of the molecule is O=C(O)/C(=C\c1ccc(Cl)cc1)c1ccc(OCCc2noc3ccccc23)cc1. The molecular weight excluding hydrogens is 402 g/mol. The van der Waals surface area contributed by atoms with Crippen molar-refractivity contribution in [2.75, 3.05) is 6.61 Å². The van der Waals surface area contributed by atoms with Crippen molar-refractivity contribution in [2.24, 2.45) is 0 Å². The second kappa shape index (κ2) is 8.84. The highest BCUT2D eigenvalue weighted by Gasteiger charge is 2.11. The van der Waals surface area contributed by atoms with Crippen LogP contribution in [0.3, 0.4) is 0 Å². The Hall–Kier alpha value is -3.57. The summed E-state index contributed by atoms with van der Waals surface area (Å²) in [7, 11) is 0. The van der Waals surface area contributed by atoms with E-state index in [2.05, 4.69) is 5.16 Å². The second-order valence-corrected chi connectivity index (χ2v) is 7.10. The zero-order valence-corrected chi connectivity index (χ0v) is 16.7. The Kier molecular flexibility index (Phi) is 5.82. The molecule has 0 unspecified atom stereocenters. The minimum atomic E-state index is -1.00. The molecule has 0 amide bonds. The molecule has 3 aromatic carbocycles. The highest BCUT2D eigenvalue weighted by atomic mass is 35.5. The number of halogens is 1. The van der Waals surface area contributed by atoms with E-state index in [0.29, 0.717) is 29.4 Å². The van der Waals surface area contributed by atoms with Crippen molar-refractivity contribution in [3.8, 4) is 5.75 Å². The van der Waals surface area contributed by atoms with Crippen molar-refractivity contribution < 1.29 is 19.2 Å². The van der Waals surface area contributed by atoms with Crippen LogP contribution in [0.15, 0.2) is 77.3 Å². The lowest BCUT2D eigenvalue weighted by molar-refractivity contribution is -0.130. The summed E-state index contributed by atoms with van der Waals surface area (Å²) in [6, 6.07) is 21.7. The highest BCUT2D eigenvalue weighted by Crippen LogP contribution is 2.23. The van der Waals surface area contributed by atoms with Crippen molar-refractivity contribution >= 4 is 40.2 Å². The van der Waals surface area contributed by atoms with Gasteiger partial charge in [0.05, 0.1) is 17.9 Å². The van der Waals surface area contributed by atoms with Crippen LogP contribution < -0.4 is 4.74 Å². The maximum Gasteiger partial charge on any atom is 0.336 e. The number of para-hydroxylation sites is 1. The monoisotopic (exact) mass is 419 g/mol. The van der Waals surface area contributed by atoms with Crippen molar-refractivity contribution in [1.29, 1.82) is 0 Å². The normalized spacial score (nSPS) is 11.6. The summed E-state index contributed by atoms with van der Waals surface area (Å²) in [4.78, 5) is 11.7. The predicted molar refractivity (Wildman–Crippen MR) is 117 cm³/mol. The Labute approximate surface area is 178 Å². The Morgan fingerprint density at radius 1 is 1.03 bits per heavy atom. The Morgan fingerprint density at radius 2 is 1.77 bits per heavy atom. The van der Waals surface area contributed by atoms with Crippen LogP contribution in [0.25, 0.3) is 22.6 Å². The molecule has 0 bridgehead atoms. The molecule has 0 radical (unpaired) electrons. The first kappa shape index (κ1) is 19.7. The van der Waals surface area contributed by atoms with E-state index >= 15 is 0 Å². The number of aliphatic carboxylic acids is 1. The summed E-state index contributed by atoms with van der Waals surface area (Å²) in [5, 5.41) is 15.3. The van der Waals surface area contributed by atoms with Gasteiger partial charge in [-0.1, -0.05) is 53.2 Å². The Bertz CT molecular complexity index is 1190. The Morgan fingerprint density at radius 3 is 2.50 bits per heavy atom. The first-order chi connectivity index (χ1) is 14.6. The van der Waals surface area contributed by atoms with Gasteiger partial charge in [0, 0.05) is 16.8 Å². The molecule has 0 aliphatic rings. The van der Waals surface area contributed by atoms with Gasteiger partial charge in [0.2, 0.25) is 0 Å². The molecule has 1 aromatic heterocycles. The number of fused-ring (bicyclic) bond motifs is 1. The van der Waals surface area contributed by atoms with E-state index in [1.165, 1.54) is 0 Å². The average molecular weight is 420 g/mol. The largest absolute Gasteiger partial charge is 0.493 e. The van der Waals surface area contributed by atoms with E-state index in [1.807, 2.05) is 24.3 Å². The van der Waals surface area contributed by atoms with Crippen molar-refractivity contribution in [2.45, 2.75) is 6.42 Å².